The zero-order chi connectivity index (χ0) is 14.4. The molecule has 0 amide bonds. The van der Waals surface area contributed by atoms with Crippen LogP contribution < -0.4 is 5.32 Å². The van der Waals surface area contributed by atoms with Gasteiger partial charge in [0.2, 0.25) is 0 Å². The molecule has 1 aromatic carbocycles. The van der Waals surface area contributed by atoms with Gasteiger partial charge in [0, 0.05) is 22.6 Å². The zero-order valence-corrected chi connectivity index (χ0v) is 13.2. The molecular weight excluding hydrogens is 320 g/mol. The van der Waals surface area contributed by atoms with E-state index in [1.165, 1.54) is 38.5 Å². The molecule has 0 radical (unpaired) electrons. The maximum atomic E-state index is 11.0. The maximum absolute atomic E-state index is 11.0. The summed E-state index contributed by atoms with van der Waals surface area (Å²) in [5, 5.41) is 14.3. The first-order valence-corrected chi connectivity index (χ1v) is 8.09. The Bertz CT molecular complexity index is 459. The van der Waals surface area contributed by atoms with Gasteiger partial charge in [0.1, 0.15) is 0 Å². The lowest BCUT2D eigenvalue weighted by atomic mass is 9.87. The average molecular weight is 341 g/mol. The summed E-state index contributed by atoms with van der Waals surface area (Å²) in [6, 6.07) is 5.09. The molecule has 0 atom stereocenters. The van der Waals surface area contributed by atoms with Crippen LogP contribution in [0.15, 0.2) is 22.7 Å². The van der Waals surface area contributed by atoms with Gasteiger partial charge >= 0.3 is 0 Å². The molecule has 0 aliphatic heterocycles. The monoisotopic (exact) mass is 340 g/mol. The second kappa shape index (κ2) is 7.74. The van der Waals surface area contributed by atoms with Crippen molar-refractivity contribution in [3.8, 4) is 0 Å². The van der Waals surface area contributed by atoms with Gasteiger partial charge in [-0.15, -0.1) is 0 Å². The van der Waals surface area contributed by atoms with E-state index in [1.807, 2.05) is 6.07 Å². The van der Waals surface area contributed by atoms with Crippen molar-refractivity contribution < 1.29 is 4.92 Å². The van der Waals surface area contributed by atoms with Crippen LogP contribution in [-0.4, -0.2) is 11.5 Å². The summed E-state index contributed by atoms with van der Waals surface area (Å²) < 4.78 is 0.882. The summed E-state index contributed by atoms with van der Waals surface area (Å²) in [6.45, 7) is 1.50. The molecule has 1 aromatic rings. The Balaban J connectivity index is 1.81. The molecule has 0 spiro atoms. The van der Waals surface area contributed by atoms with Crippen LogP contribution in [0.5, 0.6) is 0 Å². The number of hydrogen-bond donors (Lipinski definition) is 1. The van der Waals surface area contributed by atoms with E-state index in [0.29, 0.717) is 6.54 Å². The second-order valence-electron chi connectivity index (χ2n) is 5.50. The van der Waals surface area contributed by atoms with Crippen molar-refractivity contribution in [2.45, 2.75) is 45.1 Å². The van der Waals surface area contributed by atoms with Crippen LogP contribution in [0, 0.1) is 16.0 Å². The number of rotatable bonds is 6. The van der Waals surface area contributed by atoms with Gasteiger partial charge in [-0.3, -0.25) is 10.1 Å². The summed E-state index contributed by atoms with van der Waals surface area (Å²) in [4.78, 5) is 10.7. The molecule has 110 valence electrons. The Morgan fingerprint density at radius 3 is 2.75 bits per heavy atom. The number of nitro groups is 1. The molecule has 1 fully saturated rings. The van der Waals surface area contributed by atoms with E-state index in [4.69, 9.17) is 0 Å². The average Bonchev–Trinajstić information content (AvgIpc) is 2.44. The molecule has 1 aliphatic carbocycles. The molecule has 4 nitrogen and oxygen atoms in total. The molecule has 0 unspecified atom stereocenters. The first-order valence-electron chi connectivity index (χ1n) is 7.30. The van der Waals surface area contributed by atoms with Crippen LogP contribution in [-0.2, 0) is 6.54 Å². The molecule has 1 N–H and O–H groups in total. The van der Waals surface area contributed by atoms with Crippen molar-refractivity contribution in [3.05, 3.63) is 38.3 Å². The molecule has 0 heterocycles. The van der Waals surface area contributed by atoms with E-state index >= 15 is 0 Å². The van der Waals surface area contributed by atoms with Gasteiger partial charge in [-0.1, -0.05) is 48.0 Å². The van der Waals surface area contributed by atoms with Crippen LogP contribution in [0.1, 0.15) is 44.1 Å². The minimum absolute atomic E-state index is 0.193. The minimum atomic E-state index is -0.315. The van der Waals surface area contributed by atoms with E-state index in [0.717, 1.165) is 22.5 Å². The third-order valence-electron chi connectivity index (χ3n) is 4.01. The van der Waals surface area contributed by atoms with Crippen LogP contribution in [0.3, 0.4) is 0 Å². The van der Waals surface area contributed by atoms with Gasteiger partial charge in [0.25, 0.3) is 5.69 Å². The maximum Gasteiger partial charge on any atom is 0.273 e. The van der Waals surface area contributed by atoms with Gasteiger partial charge in [0.15, 0.2) is 0 Å². The third-order valence-corrected chi connectivity index (χ3v) is 4.50. The molecule has 0 bridgehead atoms. The molecule has 0 aromatic heterocycles. The lowest BCUT2D eigenvalue weighted by Gasteiger charge is -2.21. The van der Waals surface area contributed by atoms with Crippen LogP contribution in [0.4, 0.5) is 5.69 Å². The highest BCUT2D eigenvalue weighted by atomic mass is 79.9. The van der Waals surface area contributed by atoms with Gasteiger partial charge in [0.05, 0.1) is 4.92 Å². The Morgan fingerprint density at radius 2 is 2.05 bits per heavy atom. The van der Waals surface area contributed by atoms with Crippen LogP contribution in [0.25, 0.3) is 0 Å². The number of halogens is 1. The summed E-state index contributed by atoms with van der Waals surface area (Å²) in [7, 11) is 0. The van der Waals surface area contributed by atoms with Crippen molar-refractivity contribution in [2.75, 3.05) is 6.54 Å². The summed E-state index contributed by atoms with van der Waals surface area (Å²) in [6.07, 6.45) is 7.98. The smallest absolute Gasteiger partial charge is 0.273 e. The van der Waals surface area contributed by atoms with Crippen LogP contribution >= 0.6 is 15.9 Å². The highest BCUT2D eigenvalue weighted by Crippen LogP contribution is 2.26. The van der Waals surface area contributed by atoms with E-state index < -0.39 is 0 Å². The zero-order valence-electron chi connectivity index (χ0n) is 11.6. The van der Waals surface area contributed by atoms with Crippen molar-refractivity contribution in [1.29, 1.82) is 0 Å². The quantitative estimate of drug-likeness (QED) is 0.473. The Labute approximate surface area is 128 Å². The topological polar surface area (TPSA) is 55.2 Å². The largest absolute Gasteiger partial charge is 0.312 e. The molecule has 1 saturated carbocycles. The number of benzene rings is 1. The van der Waals surface area contributed by atoms with Gasteiger partial charge in [-0.2, -0.15) is 0 Å². The first kappa shape index (κ1) is 15.4. The molecule has 20 heavy (non-hydrogen) atoms. The lowest BCUT2D eigenvalue weighted by Crippen LogP contribution is -2.19. The molecule has 2 rings (SSSR count). The fourth-order valence-electron chi connectivity index (χ4n) is 2.88. The highest BCUT2D eigenvalue weighted by molar-refractivity contribution is 9.10. The molecule has 1 aliphatic rings. The lowest BCUT2D eigenvalue weighted by molar-refractivity contribution is -0.385. The Kier molecular flexibility index (Phi) is 5.98. The number of nitrogens with one attached hydrogen (secondary N) is 1. The first-order chi connectivity index (χ1) is 9.66. The third kappa shape index (κ3) is 4.56. The summed E-state index contributed by atoms with van der Waals surface area (Å²) in [5.74, 6) is 0.841. The minimum Gasteiger partial charge on any atom is -0.312 e. The Hall–Kier alpha value is -0.940. The molecule has 5 heteroatoms. The number of hydrogen-bond acceptors (Lipinski definition) is 3. The fourth-order valence-corrected chi connectivity index (χ4v) is 3.29. The van der Waals surface area contributed by atoms with Crippen molar-refractivity contribution in [2.24, 2.45) is 5.92 Å². The highest BCUT2D eigenvalue weighted by Gasteiger charge is 2.15. The second-order valence-corrected chi connectivity index (χ2v) is 6.42. The van der Waals surface area contributed by atoms with Crippen molar-refractivity contribution in [1.82, 2.24) is 5.32 Å². The van der Waals surface area contributed by atoms with Gasteiger partial charge in [-0.05, 0) is 31.0 Å². The SMILES string of the molecule is O=[N+]([O-])c1ccc(Br)cc1CNCCC1CCCCC1. The van der Waals surface area contributed by atoms with Crippen molar-refractivity contribution >= 4 is 21.6 Å². The predicted octanol–water partition coefficient (Wildman–Crippen LogP) is 4.42. The number of nitro benzene ring substituents is 1. The summed E-state index contributed by atoms with van der Waals surface area (Å²) in [5.41, 5.74) is 0.936. The van der Waals surface area contributed by atoms with E-state index in [2.05, 4.69) is 21.2 Å². The summed E-state index contributed by atoms with van der Waals surface area (Å²) >= 11 is 3.37. The fraction of sp³-hybridized carbons (Fsp3) is 0.600. The normalized spacial score (nSPS) is 16.2. The van der Waals surface area contributed by atoms with Crippen LogP contribution in [0.2, 0.25) is 0 Å². The number of nitrogens with zero attached hydrogens (tertiary/aromatic N) is 1. The Morgan fingerprint density at radius 1 is 1.30 bits per heavy atom. The van der Waals surface area contributed by atoms with E-state index in [9.17, 15) is 10.1 Å². The molecule has 0 saturated heterocycles. The molecular formula is C15H21BrN2O2. The van der Waals surface area contributed by atoms with Gasteiger partial charge < -0.3 is 5.32 Å². The van der Waals surface area contributed by atoms with Crippen molar-refractivity contribution in [3.63, 3.8) is 0 Å². The van der Waals surface area contributed by atoms with Gasteiger partial charge in [-0.25, -0.2) is 0 Å². The van der Waals surface area contributed by atoms with E-state index in [1.54, 1.807) is 12.1 Å². The predicted molar refractivity (Wildman–Crippen MR) is 83.7 cm³/mol. The van der Waals surface area contributed by atoms with E-state index in [-0.39, 0.29) is 10.6 Å². The standard InChI is InChI=1S/C15H21BrN2O2/c16-14-6-7-15(18(19)20)13(10-14)11-17-9-8-12-4-2-1-3-5-12/h6-7,10,12,17H,1-5,8-9,11H2.